The lowest BCUT2D eigenvalue weighted by molar-refractivity contribution is -0.384. The number of carbonyl (C=O) groups is 4. The number of hydrogen-bond donors (Lipinski definition) is 3. The third-order valence-corrected chi connectivity index (χ3v) is 15.5. The normalized spacial score (nSPS) is 23.8. The Kier molecular flexibility index (Phi) is 13.6. The van der Waals surface area contributed by atoms with Crippen LogP contribution in [0, 0.1) is 27.9 Å². The van der Waals surface area contributed by atoms with Gasteiger partial charge in [0.15, 0.2) is 0 Å². The molecule has 1 saturated carbocycles. The Labute approximate surface area is 439 Å². The third-order valence-electron chi connectivity index (χ3n) is 15.5. The Morgan fingerprint density at radius 3 is 2.09 bits per heavy atom. The predicted molar refractivity (Wildman–Crippen MR) is 281 cm³/mol. The van der Waals surface area contributed by atoms with Crippen LogP contribution in [0.1, 0.15) is 90.1 Å². The number of esters is 1. The van der Waals surface area contributed by atoms with E-state index >= 15 is 14.4 Å². The maximum absolute atomic E-state index is 16.7. The highest BCUT2D eigenvalue weighted by Gasteiger charge is 2.76. The van der Waals surface area contributed by atoms with Crippen molar-refractivity contribution in [3.05, 3.63) is 195 Å². The Balaban J connectivity index is 1.13. The Morgan fingerprint density at radius 2 is 1.43 bits per heavy atom. The van der Waals surface area contributed by atoms with Crippen molar-refractivity contribution in [3.63, 3.8) is 0 Å². The van der Waals surface area contributed by atoms with Crippen LogP contribution in [0.5, 0.6) is 5.75 Å². The molecule has 0 unspecified atom stereocenters. The van der Waals surface area contributed by atoms with Crippen LogP contribution in [0.25, 0.3) is 0 Å². The minimum atomic E-state index is -2.17. The highest BCUT2D eigenvalue weighted by Crippen LogP contribution is 2.66. The van der Waals surface area contributed by atoms with Gasteiger partial charge in [0.1, 0.15) is 35.5 Å². The van der Waals surface area contributed by atoms with Gasteiger partial charge in [-0.05, 0) is 120 Å². The fourth-order valence-electron chi connectivity index (χ4n) is 12.0. The molecule has 1 spiro atoms. The number of phenolic OH excluding ortho intramolecular Hbond substituents is 1. The molecule has 6 aromatic rings. The van der Waals surface area contributed by atoms with Crippen LogP contribution in [0.3, 0.4) is 0 Å². The first-order valence-electron chi connectivity index (χ1n) is 25.7. The second kappa shape index (κ2) is 20.7. The molecule has 76 heavy (non-hydrogen) atoms. The summed E-state index contributed by atoms with van der Waals surface area (Å²) in [6.45, 7) is 2.12. The van der Waals surface area contributed by atoms with E-state index in [9.17, 15) is 25.1 Å². The lowest BCUT2D eigenvalue weighted by Gasteiger charge is -2.46. The molecule has 3 saturated heterocycles. The number of hydrogen-bond acceptors (Lipinski definition) is 13. The molecule has 386 valence electrons. The first kappa shape index (κ1) is 49.8. The predicted octanol–water partition coefficient (Wildman–Crippen LogP) is 9.21. The number of benzene rings is 6. The van der Waals surface area contributed by atoms with Crippen molar-refractivity contribution in [2.24, 2.45) is 5.92 Å². The van der Waals surface area contributed by atoms with Crippen molar-refractivity contribution in [3.8, 4) is 17.6 Å². The lowest BCUT2D eigenvalue weighted by Crippen LogP contribution is -2.54. The summed E-state index contributed by atoms with van der Waals surface area (Å²) < 4.78 is 18.1. The molecular formula is C60H55N5O11. The minimum absolute atomic E-state index is 0.0676. The van der Waals surface area contributed by atoms with Crippen molar-refractivity contribution in [1.29, 1.82) is 0 Å². The van der Waals surface area contributed by atoms with Gasteiger partial charge in [-0.2, -0.15) is 0 Å². The summed E-state index contributed by atoms with van der Waals surface area (Å²) in [6, 6.07) is 38.9. The summed E-state index contributed by atoms with van der Waals surface area (Å²) in [5.41, 5.74) is 0.498. The first-order valence-corrected chi connectivity index (χ1v) is 25.7. The number of nitro benzene ring substituents is 1. The van der Waals surface area contributed by atoms with Crippen LogP contribution in [-0.4, -0.2) is 81.9 Å². The minimum Gasteiger partial charge on any atom is -0.508 e. The van der Waals surface area contributed by atoms with Gasteiger partial charge >= 0.3 is 12.1 Å². The SMILES string of the molecule is O=C1O[C@H](c2ccccc2)[C@H](c2ccccc2)N2[C@H]1[C@@H](C(=O)Nc1ccc(N3CCOCC3)cc1)[C@]1(C(=O)N(C(=O)OCc3ccc([N+](=O)[O-])cc3)c3ccc(C#CC4(O)CCCCCC4)cc31)[C@H]2c1ccc(O)cc1. The summed E-state index contributed by atoms with van der Waals surface area (Å²) >= 11 is 0. The quantitative estimate of drug-likeness (QED) is 0.0407. The summed E-state index contributed by atoms with van der Waals surface area (Å²) in [6.07, 6.45) is 2.40. The number of cyclic esters (lactones) is 1. The van der Waals surface area contributed by atoms with Gasteiger partial charge in [-0.1, -0.05) is 97.5 Å². The second-order valence-electron chi connectivity index (χ2n) is 20.0. The number of nitro groups is 1. The molecule has 6 aromatic carbocycles. The van der Waals surface area contributed by atoms with Crippen LogP contribution >= 0.6 is 0 Å². The number of anilines is 3. The summed E-state index contributed by atoms with van der Waals surface area (Å²) in [5, 5.41) is 37.2. The number of aliphatic hydroxyl groups is 1. The molecular weight excluding hydrogens is 967 g/mol. The van der Waals surface area contributed by atoms with Gasteiger partial charge in [0.05, 0.1) is 41.8 Å². The highest BCUT2D eigenvalue weighted by atomic mass is 16.6. The van der Waals surface area contributed by atoms with E-state index in [1.807, 2.05) is 77.7 Å². The molecule has 16 nitrogen and oxygen atoms in total. The molecule has 0 bridgehead atoms. The Bertz CT molecular complexity index is 3220. The van der Waals surface area contributed by atoms with E-state index in [0.29, 0.717) is 72.6 Å². The van der Waals surface area contributed by atoms with Gasteiger partial charge in [-0.3, -0.25) is 29.4 Å². The van der Waals surface area contributed by atoms with E-state index in [0.717, 1.165) is 36.3 Å². The monoisotopic (exact) mass is 1020 g/mol. The second-order valence-corrected chi connectivity index (χ2v) is 20.0. The topological polar surface area (TPSA) is 201 Å². The zero-order valence-electron chi connectivity index (χ0n) is 41.5. The number of amides is 3. The number of carbonyl (C=O) groups excluding carboxylic acids is 4. The molecule has 3 amide bonds. The van der Waals surface area contributed by atoms with Gasteiger partial charge in [0.25, 0.3) is 5.69 Å². The molecule has 4 heterocycles. The molecule has 4 aliphatic heterocycles. The summed E-state index contributed by atoms with van der Waals surface area (Å²) in [4.78, 5) is 79.2. The van der Waals surface area contributed by atoms with Crippen LogP contribution in [0.2, 0.25) is 0 Å². The summed E-state index contributed by atoms with van der Waals surface area (Å²) in [5.74, 6) is 2.24. The third kappa shape index (κ3) is 9.20. The molecule has 0 radical (unpaired) electrons. The van der Waals surface area contributed by atoms with Crippen molar-refractivity contribution < 1.29 is 48.5 Å². The van der Waals surface area contributed by atoms with E-state index in [-0.39, 0.29) is 29.3 Å². The molecule has 4 fully saturated rings. The lowest BCUT2D eigenvalue weighted by atomic mass is 9.65. The van der Waals surface area contributed by atoms with Crippen LogP contribution < -0.4 is 15.1 Å². The number of ether oxygens (including phenoxy) is 3. The average Bonchev–Trinajstić information content (AvgIpc) is 3.99. The number of nitrogens with zero attached hydrogens (tertiary/aromatic N) is 4. The largest absolute Gasteiger partial charge is 0.508 e. The molecule has 0 aromatic heterocycles. The van der Waals surface area contributed by atoms with Gasteiger partial charge in [-0.15, -0.1) is 0 Å². The zero-order valence-corrected chi connectivity index (χ0v) is 41.5. The standard InChI is InChI=1S/C60H55N5O11/c66-47-26-18-43(19-27-47)54-60(48-37-39(29-32-59(71)30-9-1-2-10-31-59)17-28-49(48)63(57(60)69)58(70)75-38-40-15-22-46(23-16-40)65(72)73)50(55(67)61-44-20-24-45(25-21-44)62-33-35-74-36-34-62)52-56(68)76-53(42-13-7-4-8-14-42)51(64(52)54)41-11-5-3-6-12-41/h3-8,11-28,37,50-54,66,71H,1-2,9-10,30-31,33-36,38H2,(H,61,67)/t50-,51-,52-,53+,54+,60-/m0/s1. The average molecular weight is 1020 g/mol. The van der Waals surface area contributed by atoms with Gasteiger partial charge in [0, 0.05) is 42.2 Å². The Morgan fingerprint density at radius 1 is 0.776 bits per heavy atom. The van der Waals surface area contributed by atoms with Crippen LogP contribution in [-0.2, 0) is 40.6 Å². The zero-order chi connectivity index (χ0) is 52.6. The summed E-state index contributed by atoms with van der Waals surface area (Å²) in [7, 11) is 0. The maximum Gasteiger partial charge on any atom is 0.421 e. The molecule has 16 heteroatoms. The number of aromatic hydroxyl groups is 1. The van der Waals surface area contributed by atoms with Gasteiger partial charge in [-0.25, -0.2) is 9.69 Å². The molecule has 5 aliphatic rings. The van der Waals surface area contributed by atoms with E-state index in [4.69, 9.17) is 14.2 Å². The van der Waals surface area contributed by atoms with Crippen molar-refractivity contribution in [2.45, 2.75) is 80.4 Å². The number of fused-ring (bicyclic) bond motifs is 3. The van der Waals surface area contributed by atoms with Crippen molar-refractivity contribution in [2.75, 3.05) is 41.4 Å². The number of imide groups is 1. The van der Waals surface area contributed by atoms with Crippen molar-refractivity contribution >= 4 is 46.6 Å². The van der Waals surface area contributed by atoms with E-state index < -0.39 is 70.0 Å². The first-order chi connectivity index (χ1) is 36.9. The molecule has 11 rings (SSSR count). The highest BCUT2D eigenvalue weighted by molar-refractivity contribution is 6.24. The van der Waals surface area contributed by atoms with Crippen LogP contribution in [0.15, 0.2) is 152 Å². The van der Waals surface area contributed by atoms with Crippen molar-refractivity contribution in [1.82, 2.24) is 4.90 Å². The molecule has 6 atom stereocenters. The van der Waals surface area contributed by atoms with Gasteiger partial charge < -0.3 is 34.6 Å². The number of rotatable bonds is 9. The number of phenols is 1. The number of nitrogens with one attached hydrogen (secondary N) is 1. The number of non-ortho nitro benzene ring substituents is 1. The van der Waals surface area contributed by atoms with E-state index in [1.165, 1.54) is 36.4 Å². The van der Waals surface area contributed by atoms with E-state index in [1.54, 1.807) is 42.5 Å². The fraction of sp³-hybridized carbons (Fsp3) is 0.300. The number of morpholine rings is 2. The molecule has 3 N–H and O–H groups in total. The Hall–Kier alpha value is -8.36. The van der Waals surface area contributed by atoms with Crippen LogP contribution in [0.4, 0.5) is 27.5 Å². The van der Waals surface area contributed by atoms with Gasteiger partial charge in [0.2, 0.25) is 11.8 Å². The molecule has 1 aliphatic carbocycles. The van der Waals surface area contributed by atoms with E-state index in [2.05, 4.69) is 22.1 Å². The fourth-order valence-corrected chi connectivity index (χ4v) is 12.0. The maximum atomic E-state index is 16.7. The smallest absolute Gasteiger partial charge is 0.421 e.